The summed E-state index contributed by atoms with van der Waals surface area (Å²) < 4.78 is 37.3. The number of alkyl halides is 2. The predicted octanol–water partition coefficient (Wildman–Crippen LogP) is 3.14. The smallest absolute Gasteiger partial charge is 0.276 e. The first-order chi connectivity index (χ1) is 6.43. The minimum absolute atomic E-state index is 0.0315. The molecule has 0 aliphatic carbocycles. The lowest BCUT2D eigenvalue weighted by molar-refractivity contribution is 0.106. The molecule has 0 unspecified atom stereocenters. The first-order valence-corrected chi connectivity index (χ1v) is 4.73. The van der Waals surface area contributed by atoms with Crippen molar-refractivity contribution in [2.75, 3.05) is 0 Å². The van der Waals surface area contributed by atoms with Crippen LogP contribution in [-0.2, 0) is 0 Å². The molecular weight excluding hydrogens is 333 g/mol. The van der Waals surface area contributed by atoms with Crippen LogP contribution in [0.3, 0.4) is 0 Å². The van der Waals surface area contributed by atoms with Gasteiger partial charge in [-0.1, -0.05) is 0 Å². The van der Waals surface area contributed by atoms with Crippen LogP contribution < -0.4 is 0 Å². The summed E-state index contributed by atoms with van der Waals surface area (Å²) in [5, 5.41) is -1.08. The Morgan fingerprint density at radius 1 is 1.57 bits per heavy atom. The average Bonchev–Trinajstić information content (AvgIpc) is 2.08. The van der Waals surface area contributed by atoms with E-state index in [2.05, 4.69) is 4.98 Å². The van der Waals surface area contributed by atoms with E-state index >= 15 is 0 Å². The Bertz CT molecular complexity index is 385. The Morgan fingerprint density at radius 3 is 2.57 bits per heavy atom. The van der Waals surface area contributed by atoms with Crippen LogP contribution in [-0.4, -0.2) is 10.2 Å². The predicted molar refractivity (Wildman–Crippen MR) is 52.1 cm³/mol. The van der Waals surface area contributed by atoms with Crippen molar-refractivity contribution in [3.05, 3.63) is 26.8 Å². The fourth-order valence-corrected chi connectivity index (χ4v) is 1.39. The number of halogens is 5. The third kappa shape index (κ3) is 2.35. The topological polar surface area (TPSA) is 30.0 Å². The number of hydrogen-bond acceptors (Lipinski definition) is 2. The molecule has 0 saturated carbocycles. The Morgan fingerprint density at radius 2 is 2.14 bits per heavy atom. The van der Waals surface area contributed by atoms with Crippen LogP contribution in [0.15, 0.2) is 6.07 Å². The number of nitrogens with zero attached hydrogens (tertiary/aromatic N) is 1. The lowest BCUT2D eigenvalue weighted by Crippen LogP contribution is -2.05. The van der Waals surface area contributed by atoms with Crippen LogP contribution in [0.4, 0.5) is 13.2 Å². The number of carbonyl (C=O) groups excluding carboxylic acids is 1. The van der Waals surface area contributed by atoms with E-state index in [0.717, 1.165) is 6.07 Å². The van der Waals surface area contributed by atoms with Gasteiger partial charge in [0.2, 0.25) is 5.95 Å². The third-order valence-corrected chi connectivity index (χ3v) is 2.34. The SMILES string of the molecule is O=C(Cl)c1cc(I)c(F)nc1C(F)F. The summed E-state index contributed by atoms with van der Waals surface area (Å²) in [5.41, 5.74) is -1.39. The zero-order valence-electron chi connectivity index (χ0n) is 6.40. The summed E-state index contributed by atoms with van der Waals surface area (Å²) in [7, 11) is 0. The molecule has 0 aliphatic heterocycles. The van der Waals surface area contributed by atoms with Crippen molar-refractivity contribution in [1.82, 2.24) is 4.98 Å². The second-order valence-corrected chi connectivity index (χ2v) is 3.77. The van der Waals surface area contributed by atoms with E-state index in [0.29, 0.717) is 0 Å². The lowest BCUT2D eigenvalue weighted by atomic mass is 10.2. The van der Waals surface area contributed by atoms with E-state index < -0.39 is 28.9 Å². The molecule has 0 fully saturated rings. The zero-order valence-corrected chi connectivity index (χ0v) is 9.31. The molecule has 0 N–H and O–H groups in total. The van der Waals surface area contributed by atoms with Crippen molar-refractivity contribution in [2.45, 2.75) is 6.43 Å². The monoisotopic (exact) mass is 335 g/mol. The quantitative estimate of drug-likeness (QED) is 0.472. The van der Waals surface area contributed by atoms with E-state index in [-0.39, 0.29) is 3.57 Å². The van der Waals surface area contributed by atoms with E-state index in [9.17, 15) is 18.0 Å². The maximum absolute atomic E-state index is 12.8. The van der Waals surface area contributed by atoms with Crippen molar-refractivity contribution in [2.24, 2.45) is 0 Å². The molecule has 7 heteroatoms. The van der Waals surface area contributed by atoms with E-state index in [1.165, 1.54) is 22.6 Å². The fraction of sp³-hybridized carbons (Fsp3) is 0.143. The molecule has 1 rings (SSSR count). The van der Waals surface area contributed by atoms with Crippen molar-refractivity contribution >= 4 is 39.4 Å². The highest BCUT2D eigenvalue weighted by atomic mass is 127. The van der Waals surface area contributed by atoms with Gasteiger partial charge in [0.1, 0.15) is 5.69 Å². The van der Waals surface area contributed by atoms with Crippen molar-refractivity contribution in [1.29, 1.82) is 0 Å². The number of carbonyl (C=O) groups is 1. The van der Waals surface area contributed by atoms with Gasteiger partial charge in [0.05, 0.1) is 9.13 Å². The second kappa shape index (κ2) is 4.43. The van der Waals surface area contributed by atoms with E-state index in [1.54, 1.807) is 0 Å². The number of aromatic nitrogens is 1. The molecule has 0 bridgehead atoms. The van der Waals surface area contributed by atoms with Crippen molar-refractivity contribution < 1.29 is 18.0 Å². The zero-order chi connectivity index (χ0) is 10.9. The summed E-state index contributed by atoms with van der Waals surface area (Å²) in [4.78, 5) is 13.7. The highest BCUT2D eigenvalue weighted by Crippen LogP contribution is 2.24. The molecular formula is C7H2ClF3INO. The highest BCUT2D eigenvalue weighted by Gasteiger charge is 2.21. The standard InChI is InChI=1S/C7H2ClF3INO/c8-5(14)2-1-3(12)7(11)13-4(2)6(9)10/h1,6H. The first-order valence-electron chi connectivity index (χ1n) is 3.27. The van der Waals surface area contributed by atoms with Gasteiger partial charge < -0.3 is 0 Å². The van der Waals surface area contributed by atoms with Gasteiger partial charge >= 0.3 is 0 Å². The summed E-state index contributed by atoms with van der Waals surface area (Å²) >= 11 is 6.57. The lowest BCUT2D eigenvalue weighted by Gasteiger charge is -2.04. The molecule has 0 atom stereocenters. The number of hydrogen-bond donors (Lipinski definition) is 0. The van der Waals surface area contributed by atoms with Crippen LogP contribution in [0.25, 0.3) is 0 Å². The molecule has 0 aliphatic rings. The van der Waals surface area contributed by atoms with Gasteiger partial charge in [-0.3, -0.25) is 4.79 Å². The summed E-state index contributed by atoms with van der Waals surface area (Å²) in [5.74, 6) is -1.04. The van der Waals surface area contributed by atoms with Crippen LogP contribution in [0.5, 0.6) is 0 Å². The minimum atomic E-state index is -3.03. The second-order valence-electron chi connectivity index (χ2n) is 2.27. The Hall–Kier alpha value is -0.370. The maximum atomic E-state index is 12.8. The molecule has 0 saturated heterocycles. The summed E-state index contributed by atoms with van der Waals surface area (Å²) in [6.45, 7) is 0. The van der Waals surface area contributed by atoms with Gasteiger partial charge in [-0.05, 0) is 40.3 Å². The Kier molecular flexibility index (Phi) is 3.71. The van der Waals surface area contributed by atoms with Gasteiger partial charge in [0, 0.05) is 0 Å². The number of rotatable bonds is 2. The number of pyridine rings is 1. The molecule has 0 radical (unpaired) electrons. The Balaban J connectivity index is 3.39. The van der Waals surface area contributed by atoms with Crippen molar-refractivity contribution in [3.8, 4) is 0 Å². The van der Waals surface area contributed by atoms with Gasteiger partial charge in [0.15, 0.2) is 0 Å². The van der Waals surface area contributed by atoms with Crippen LogP contribution >= 0.6 is 34.2 Å². The third-order valence-electron chi connectivity index (χ3n) is 1.38. The van der Waals surface area contributed by atoms with Gasteiger partial charge in [-0.15, -0.1) is 0 Å². The van der Waals surface area contributed by atoms with E-state index in [4.69, 9.17) is 11.6 Å². The molecule has 0 spiro atoms. The van der Waals surface area contributed by atoms with Gasteiger partial charge in [-0.2, -0.15) is 4.39 Å². The first kappa shape index (κ1) is 11.7. The maximum Gasteiger partial charge on any atom is 0.281 e. The molecule has 1 aromatic rings. The van der Waals surface area contributed by atoms with Crippen LogP contribution in [0, 0.1) is 9.52 Å². The molecule has 1 heterocycles. The normalized spacial score (nSPS) is 10.7. The Labute approximate surface area is 95.6 Å². The molecule has 1 aromatic heterocycles. The van der Waals surface area contributed by atoms with Gasteiger partial charge in [-0.25, -0.2) is 13.8 Å². The fourth-order valence-electron chi connectivity index (χ4n) is 0.803. The summed E-state index contributed by atoms with van der Waals surface area (Å²) in [6.07, 6.45) is -3.03. The average molecular weight is 335 g/mol. The largest absolute Gasteiger partial charge is 0.281 e. The van der Waals surface area contributed by atoms with Crippen LogP contribution in [0.2, 0.25) is 0 Å². The molecule has 0 amide bonds. The minimum Gasteiger partial charge on any atom is -0.276 e. The summed E-state index contributed by atoms with van der Waals surface area (Å²) in [6, 6.07) is 0.944. The molecule has 2 nitrogen and oxygen atoms in total. The molecule has 14 heavy (non-hydrogen) atoms. The molecule has 0 aromatic carbocycles. The van der Waals surface area contributed by atoms with Crippen LogP contribution in [0.1, 0.15) is 22.5 Å². The molecule has 76 valence electrons. The van der Waals surface area contributed by atoms with Gasteiger partial charge in [0.25, 0.3) is 11.7 Å². The van der Waals surface area contributed by atoms with E-state index in [1.807, 2.05) is 0 Å². The van der Waals surface area contributed by atoms with Crippen molar-refractivity contribution in [3.63, 3.8) is 0 Å². The highest BCUT2D eigenvalue weighted by molar-refractivity contribution is 14.1.